The number of nitrogens with one attached hydrogen (secondary N) is 1. The minimum Gasteiger partial charge on any atom is -0.361 e. The summed E-state index contributed by atoms with van der Waals surface area (Å²) < 4.78 is 5.15. The van der Waals surface area contributed by atoms with Gasteiger partial charge in [-0.05, 0) is 38.5 Å². The van der Waals surface area contributed by atoms with Crippen LogP contribution in [0.15, 0.2) is 22.7 Å². The van der Waals surface area contributed by atoms with Crippen molar-refractivity contribution in [2.45, 2.75) is 46.0 Å². The third-order valence-corrected chi connectivity index (χ3v) is 5.06. The Balaban J connectivity index is 2.08. The van der Waals surface area contributed by atoms with E-state index in [4.69, 9.17) is 27.7 Å². The van der Waals surface area contributed by atoms with Crippen molar-refractivity contribution in [3.63, 3.8) is 0 Å². The quantitative estimate of drug-likeness (QED) is 0.824. The van der Waals surface area contributed by atoms with E-state index in [1.807, 2.05) is 46.8 Å². The van der Waals surface area contributed by atoms with Crippen LogP contribution in [-0.2, 0) is 10.2 Å². The second kappa shape index (κ2) is 7.16. The molecule has 0 saturated carbocycles. The Kier molecular flexibility index (Phi) is 5.61. The summed E-state index contributed by atoms with van der Waals surface area (Å²) in [7, 11) is 0. The fourth-order valence-electron chi connectivity index (χ4n) is 2.72. The molecule has 0 bridgehead atoms. The van der Waals surface area contributed by atoms with Crippen molar-refractivity contribution in [2.75, 3.05) is 6.54 Å². The van der Waals surface area contributed by atoms with Crippen LogP contribution in [0, 0.1) is 13.8 Å². The van der Waals surface area contributed by atoms with Crippen molar-refractivity contribution in [3.8, 4) is 0 Å². The summed E-state index contributed by atoms with van der Waals surface area (Å²) in [6.07, 6.45) is 0. The van der Waals surface area contributed by atoms with Gasteiger partial charge in [0.25, 0.3) is 0 Å². The Morgan fingerprint density at radius 1 is 1.29 bits per heavy atom. The molecule has 1 atom stereocenters. The van der Waals surface area contributed by atoms with E-state index in [1.165, 1.54) is 0 Å². The van der Waals surface area contributed by atoms with E-state index in [2.05, 4.69) is 10.5 Å². The Labute approximate surface area is 152 Å². The van der Waals surface area contributed by atoms with Crippen LogP contribution in [0.1, 0.15) is 49.3 Å². The minimum absolute atomic E-state index is 0.0578. The summed E-state index contributed by atoms with van der Waals surface area (Å²) in [5.41, 5.74) is 2.34. The van der Waals surface area contributed by atoms with Crippen molar-refractivity contribution in [1.29, 1.82) is 0 Å². The maximum atomic E-state index is 12.5. The summed E-state index contributed by atoms with van der Waals surface area (Å²) in [5.74, 6) is 0.303. The van der Waals surface area contributed by atoms with E-state index in [0.717, 1.165) is 16.8 Å². The van der Waals surface area contributed by atoms with Gasteiger partial charge in [0.2, 0.25) is 5.91 Å². The zero-order valence-corrected chi connectivity index (χ0v) is 16.0. The van der Waals surface area contributed by atoms with Crippen LogP contribution in [0.5, 0.6) is 0 Å². The first kappa shape index (κ1) is 18.8. The van der Waals surface area contributed by atoms with Gasteiger partial charge in [-0.2, -0.15) is 0 Å². The lowest BCUT2D eigenvalue weighted by molar-refractivity contribution is -0.122. The van der Waals surface area contributed by atoms with E-state index in [9.17, 15) is 4.79 Å². The number of hydrogen-bond acceptors (Lipinski definition) is 3. The Hall–Kier alpha value is -1.52. The maximum Gasteiger partial charge on any atom is 0.227 e. The highest BCUT2D eigenvalue weighted by atomic mass is 35.5. The van der Waals surface area contributed by atoms with Gasteiger partial charge < -0.3 is 9.84 Å². The van der Waals surface area contributed by atoms with Gasteiger partial charge in [-0.3, -0.25) is 4.79 Å². The Morgan fingerprint density at radius 2 is 1.96 bits per heavy atom. The molecule has 0 aliphatic rings. The van der Waals surface area contributed by atoms with Gasteiger partial charge in [0.1, 0.15) is 5.76 Å². The minimum atomic E-state index is -0.319. The van der Waals surface area contributed by atoms with E-state index in [-0.39, 0.29) is 17.2 Å². The number of rotatable bonds is 5. The highest BCUT2D eigenvalue weighted by Gasteiger charge is 2.26. The predicted molar refractivity (Wildman–Crippen MR) is 96.9 cm³/mol. The predicted octanol–water partition coefficient (Wildman–Crippen LogP) is 4.80. The third kappa shape index (κ3) is 3.93. The summed E-state index contributed by atoms with van der Waals surface area (Å²) in [5, 5.41) is 7.96. The Morgan fingerprint density at radius 3 is 2.50 bits per heavy atom. The van der Waals surface area contributed by atoms with Gasteiger partial charge in [-0.1, -0.05) is 48.3 Å². The largest absolute Gasteiger partial charge is 0.361 e. The molecule has 2 aromatic rings. The molecule has 130 valence electrons. The van der Waals surface area contributed by atoms with Gasteiger partial charge >= 0.3 is 0 Å². The first-order valence-electron chi connectivity index (χ1n) is 7.79. The lowest BCUT2D eigenvalue weighted by Crippen LogP contribution is -2.38. The van der Waals surface area contributed by atoms with E-state index >= 15 is 0 Å². The second-order valence-electron chi connectivity index (χ2n) is 6.69. The topological polar surface area (TPSA) is 55.1 Å². The molecule has 24 heavy (non-hydrogen) atoms. The number of aryl methyl sites for hydroxylation is 2. The summed E-state index contributed by atoms with van der Waals surface area (Å²) in [6.45, 7) is 10.1. The fraction of sp³-hybridized carbons (Fsp3) is 0.444. The van der Waals surface area contributed by atoms with Crippen molar-refractivity contribution < 1.29 is 9.32 Å². The number of nitrogens with zero attached hydrogens (tertiary/aromatic N) is 1. The van der Waals surface area contributed by atoms with Crippen LogP contribution >= 0.6 is 23.2 Å². The first-order valence-corrected chi connectivity index (χ1v) is 8.55. The number of halogens is 2. The first-order chi connectivity index (χ1) is 11.1. The van der Waals surface area contributed by atoms with Crippen LogP contribution in [0.3, 0.4) is 0 Å². The number of carbonyl (C=O) groups is 1. The normalized spacial score (nSPS) is 13.0. The number of benzene rings is 1. The SMILES string of the molecule is Cc1noc(C)c1C(C)C(=O)NCC(C)(C)c1ccc(Cl)c(Cl)c1. The van der Waals surface area contributed by atoms with Crippen LogP contribution in [0.2, 0.25) is 10.0 Å². The monoisotopic (exact) mass is 368 g/mol. The standard InChI is InChI=1S/C18H22Cl2N2O2/c1-10(16-11(2)22-24-12(16)3)17(23)21-9-18(4,5)13-6-7-14(19)15(20)8-13/h6-8,10H,9H2,1-5H3,(H,21,23). The fourth-order valence-corrected chi connectivity index (χ4v) is 3.02. The third-order valence-electron chi connectivity index (χ3n) is 4.32. The van der Waals surface area contributed by atoms with Crippen LogP contribution < -0.4 is 5.32 Å². The molecule has 1 aromatic carbocycles. The van der Waals surface area contributed by atoms with Gasteiger partial charge in [-0.15, -0.1) is 0 Å². The maximum absolute atomic E-state index is 12.5. The highest BCUT2D eigenvalue weighted by molar-refractivity contribution is 6.42. The zero-order chi connectivity index (χ0) is 18.1. The smallest absolute Gasteiger partial charge is 0.227 e. The molecule has 1 unspecified atom stereocenters. The molecule has 1 aromatic heterocycles. The number of carbonyl (C=O) groups excluding carboxylic acids is 1. The average molecular weight is 369 g/mol. The van der Waals surface area contributed by atoms with E-state index < -0.39 is 0 Å². The molecule has 0 radical (unpaired) electrons. The number of aromatic nitrogens is 1. The molecule has 4 nitrogen and oxygen atoms in total. The van der Waals surface area contributed by atoms with E-state index in [1.54, 1.807) is 6.07 Å². The molecule has 1 amide bonds. The van der Waals surface area contributed by atoms with Crippen LogP contribution in [0.4, 0.5) is 0 Å². The van der Waals surface area contributed by atoms with Crippen molar-refractivity contribution in [1.82, 2.24) is 10.5 Å². The van der Waals surface area contributed by atoms with Crippen molar-refractivity contribution in [3.05, 3.63) is 50.8 Å². The van der Waals surface area contributed by atoms with Crippen molar-refractivity contribution in [2.24, 2.45) is 0 Å². The molecule has 0 aliphatic carbocycles. The summed E-state index contributed by atoms with van der Waals surface area (Å²) in [6, 6.07) is 5.54. The van der Waals surface area contributed by atoms with Crippen LogP contribution in [-0.4, -0.2) is 17.6 Å². The second-order valence-corrected chi connectivity index (χ2v) is 7.50. The molecule has 2 rings (SSSR count). The van der Waals surface area contributed by atoms with Crippen LogP contribution in [0.25, 0.3) is 0 Å². The molecule has 0 saturated heterocycles. The molecule has 6 heteroatoms. The van der Waals surface area contributed by atoms with Gasteiger partial charge in [0.15, 0.2) is 0 Å². The Bertz CT molecular complexity index is 734. The molecule has 1 heterocycles. The van der Waals surface area contributed by atoms with Crippen molar-refractivity contribution >= 4 is 29.1 Å². The number of amides is 1. The van der Waals surface area contributed by atoms with E-state index in [0.29, 0.717) is 22.4 Å². The number of hydrogen-bond donors (Lipinski definition) is 1. The molecular weight excluding hydrogens is 347 g/mol. The molecular formula is C18H22Cl2N2O2. The summed E-state index contributed by atoms with van der Waals surface area (Å²) in [4.78, 5) is 12.5. The summed E-state index contributed by atoms with van der Waals surface area (Å²) >= 11 is 12.1. The van der Waals surface area contributed by atoms with Gasteiger partial charge in [0, 0.05) is 17.5 Å². The zero-order valence-electron chi connectivity index (χ0n) is 14.5. The average Bonchev–Trinajstić information content (AvgIpc) is 2.85. The molecule has 0 spiro atoms. The highest BCUT2D eigenvalue weighted by Crippen LogP contribution is 2.30. The van der Waals surface area contributed by atoms with Gasteiger partial charge in [-0.25, -0.2) is 0 Å². The molecule has 1 N–H and O–H groups in total. The lowest BCUT2D eigenvalue weighted by Gasteiger charge is -2.27. The molecule has 0 fully saturated rings. The lowest BCUT2D eigenvalue weighted by atomic mass is 9.84. The van der Waals surface area contributed by atoms with Gasteiger partial charge in [0.05, 0.1) is 21.7 Å². The molecule has 0 aliphatic heterocycles.